The van der Waals surface area contributed by atoms with Gasteiger partial charge in [0.1, 0.15) is 0 Å². The normalized spacial score (nSPS) is 18.8. The molecular weight excluding hydrogens is 251 g/mol. The van der Waals surface area contributed by atoms with E-state index in [1.165, 1.54) is 0 Å². The molecule has 1 aromatic rings. The van der Waals surface area contributed by atoms with Gasteiger partial charge in [0.15, 0.2) is 0 Å². The van der Waals surface area contributed by atoms with Crippen LogP contribution in [0.1, 0.15) is 24.0 Å². The van der Waals surface area contributed by atoms with E-state index in [1.807, 2.05) is 19.1 Å². The molecule has 70 valence electrons. The van der Waals surface area contributed by atoms with Crippen LogP contribution in [-0.2, 0) is 5.60 Å². The van der Waals surface area contributed by atoms with E-state index in [0.29, 0.717) is 5.02 Å². The number of aliphatic hydroxyl groups is 1. The predicted octanol–water partition coefficient (Wildman–Crippen LogP) is 3.39. The average Bonchev–Trinajstić information content (AvgIpc) is 2.77. The molecule has 3 heteroatoms. The maximum absolute atomic E-state index is 9.93. The van der Waals surface area contributed by atoms with Crippen LogP contribution in [0.4, 0.5) is 0 Å². The van der Waals surface area contributed by atoms with E-state index in [2.05, 4.69) is 15.9 Å². The average molecular weight is 262 g/mol. The number of hydrogen-bond donors (Lipinski definition) is 1. The fourth-order valence-electron chi connectivity index (χ4n) is 1.54. The maximum atomic E-state index is 9.93. The molecular formula is C10H10BrClO. The minimum atomic E-state index is -0.572. The standard InChI is InChI=1S/C10H10BrClO/c1-6-4-9(12)8(11)5-7(6)10(13)2-3-10/h4-5,13H,2-3H2,1H3. The molecule has 1 nitrogen and oxygen atoms in total. The van der Waals surface area contributed by atoms with Crippen LogP contribution in [0.25, 0.3) is 0 Å². The van der Waals surface area contributed by atoms with Crippen molar-refractivity contribution < 1.29 is 5.11 Å². The summed E-state index contributed by atoms with van der Waals surface area (Å²) in [6.07, 6.45) is 1.73. The Labute approximate surface area is 90.9 Å². The zero-order chi connectivity index (χ0) is 9.64. The molecule has 0 unspecified atom stereocenters. The second-order valence-electron chi connectivity index (χ2n) is 3.61. The van der Waals surface area contributed by atoms with Gasteiger partial charge in [-0.2, -0.15) is 0 Å². The van der Waals surface area contributed by atoms with E-state index in [1.54, 1.807) is 0 Å². The molecule has 1 N–H and O–H groups in total. The molecule has 2 rings (SSSR count). The first-order chi connectivity index (χ1) is 6.03. The van der Waals surface area contributed by atoms with Crippen molar-refractivity contribution in [2.45, 2.75) is 25.4 Å². The van der Waals surface area contributed by atoms with Gasteiger partial charge in [-0.15, -0.1) is 0 Å². The van der Waals surface area contributed by atoms with Crippen LogP contribution in [0.3, 0.4) is 0 Å². The third kappa shape index (κ3) is 1.63. The van der Waals surface area contributed by atoms with E-state index < -0.39 is 5.60 Å². The van der Waals surface area contributed by atoms with Crippen LogP contribution in [0.2, 0.25) is 5.02 Å². The minimum absolute atomic E-state index is 0.572. The summed E-state index contributed by atoms with van der Waals surface area (Å²) in [7, 11) is 0. The van der Waals surface area contributed by atoms with Crippen molar-refractivity contribution in [2.24, 2.45) is 0 Å². The summed E-state index contributed by atoms with van der Waals surface area (Å²) in [5, 5.41) is 10.6. The topological polar surface area (TPSA) is 20.2 Å². The van der Waals surface area contributed by atoms with Crippen molar-refractivity contribution in [3.8, 4) is 0 Å². The molecule has 0 amide bonds. The van der Waals surface area contributed by atoms with Gasteiger partial charge in [-0.3, -0.25) is 0 Å². The molecule has 1 aromatic carbocycles. The highest BCUT2D eigenvalue weighted by Crippen LogP contribution is 2.47. The van der Waals surface area contributed by atoms with Crippen LogP contribution < -0.4 is 0 Å². The molecule has 0 radical (unpaired) electrons. The molecule has 1 saturated carbocycles. The van der Waals surface area contributed by atoms with Crippen LogP contribution in [0.5, 0.6) is 0 Å². The number of halogens is 2. The predicted molar refractivity (Wildman–Crippen MR) is 57.0 cm³/mol. The van der Waals surface area contributed by atoms with Gasteiger partial charge in [-0.1, -0.05) is 11.6 Å². The van der Waals surface area contributed by atoms with Crippen LogP contribution in [0.15, 0.2) is 16.6 Å². The van der Waals surface area contributed by atoms with Crippen molar-refractivity contribution in [2.75, 3.05) is 0 Å². The Morgan fingerprint density at radius 2 is 2.08 bits per heavy atom. The summed E-state index contributed by atoms with van der Waals surface area (Å²) in [5.74, 6) is 0. The van der Waals surface area contributed by atoms with Gasteiger partial charge < -0.3 is 5.11 Å². The summed E-state index contributed by atoms with van der Waals surface area (Å²) >= 11 is 9.29. The smallest absolute Gasteiger partial charge is 0.0901 e. The largest absolute Gasteiger partial charge is 0.385 e. The molecule has 0 saturated heterocycles. The maximum Gasteiger partial charge on any atom is 0.0901 e. The first kappa shape index (κ1) is 9.50. The van der Waals surface area contributed by atoms with E-state index in [0.717, 1.165) is 28.4 Å². The Hall–Kier alpha value is -0.0500. The summed E-state index contributed by atoms with van der Waals surface area (Å²) in [6, 6.07) is 3.81. The molecule has 0 spiro atoms. The quantitative estimate of drug-likeness (QED) is 0.821. The second-order valence-corrected chi connectivity index (χ2v) is 4.87. The van der Waals surface area contributed by atoms with Gasteiger partial charge >= 0.3 is 0 Å². The van der Waals surface area contributed by atoms with Gasteiger partial charge in [0, 0.05) is 4.47 Å². The zero-order valence-electron chi connectivity index (χ0n) is 7.27. The Morgan fingerprint density at radius 1 is 1.46 bits per heavy atom. The summed E-state index contributed by atoms with van der Waals surface area (Å²) < 4.78 is 0.857. The minimum Gasteiger partial charge on any atom is -0.385 e. The van der Waals surface area contributed by atoms with Crippen molar-refractivity contribution >= 4 is 27.5 Å². The number of benzene rings is 1. The third-order valence-corrected chi connectivity index (χ3v) is 3.69. The first-order valence-corrected chi connectivity index (χ1v) is 5.38. The van der Waals surface area contributed by atoms with Crippen LogP contribution in [-0.4, -0.2) is 5.11 Å². The Balaban J connectivity index is 2.52. The van der Waals surface area contributed by atoms with Crippen molar-refractivity contribution in [3.63, 3.8) is 0 Å². The summed E-state index contributed by atoms with van der Waals surface area (Å²) in [6.45, 7) is 1.98. The SMILES string of the molecule is Cc1cc(Cl)c(Br)cc1C1(O)CC1. The highest BCUT2D eigenvalue weighted by molar-refractivity contribution is 9.10. The van der Waals surface area contributed by atoms with E-state index >= 15 is 0 Å². The highest BCUT2D eigenvalue weighted by atomic mass is 79.9. The summed E-state index contributed by atoms with van der Waals surface area (Å²) in [5.41, 5.74) is 1.49. The highest BCUT2D eigenvalue weighted by Gasteiger charge is 2.43. The lowest BCUT2D eigenvalue weighted by atomic mass is 10.0. The van der Waals surface area contributed by atoms with Crippen molar-refractivity contribution in [1.29, 1.82) is 0 Å². The van der Waals surface area contributed by atoms with Crippen LogP contribution in [0, 0.1) is 6.92 Å². The van der Waals surface area contributed by atoms with E-state index in [9.17, 15) is 5.11 Å². The molecule has 1 aliphatic rings. The Bertz CT molecular complexity index is 358. The molecule has 0 aromatic heterocycles. The lowest BCUT2D eigenvalue weighted by molar-refractivity contribution is 0.150. The third-order valence-electron chi connectivity index (χ3n) is 2.49. The van der Waals surface area contributed by atoms with Crippen LogP contribution >= 0.6 is 27.5 Å². The number of rotatable bonds is 1. The van der Waals surface area contributed by atoms with Crippen molar-refractivity contribution in [1.82, 2.24) is 0 Å². The molecule has 0 aliphatic heterocycles. The molecule has 0 heterocycles. The van der Waals surface area contributed by atoms with Gasteiger partial charge in [0.2, 0.25) is 0 Å². The number of aryl methyl sites for hydroxylation is 1. The van der Waals surface area contributed by atoms with Gasteiger partial charge in [0.25, 0.3) is 0 Å². The molecule has 1 aliphatic carbocycles. The van der Waals surface area contributed by atoms with E-state index in [-0.39, 0.29) is 0 Å². The summed E-state index contributed by atoms with van der Waals surface area (Å²) in [4.78, 5) is 0. The lowest BCUT2D eigenvalue weighted by Crippen LogP contribution is -2.06. The first-order valence-electron chi connectivity index (χ1n) is 4.21. The Kier molecular flexibility index (Phi) is 2.17. The fourth-order valence-corrected chi connectivity index (χ4v) is 2.10. The second kappa shape index (κ2) is 2.97. The molecule has 0 bridgehead atoms. The van der Waals surface area contributed by atoms with Crippen molar-refractivity contribution in [3.05, 3.63) is 32.8 Å². The van der Waals surface area contributed by atoms with Gasteiger partial charge in [0.05, 0.1) is 10.6 Å². The fraction of sp³-hybridized carbons (Fsp3) is 0.400. The number of hydrogen-bond acceptors (Lipinski definition) is 1. The zero-order valence-corrected chi connectivity index (χ0v) is 9.61. The van der Waals surface area contributed by atoms with Gasteiger partial charge in [-0.05, 0) is 59.0 Å². The molecule has 0 atom stereocenters. The van der Waals surface area contributed by atoms with E-state index in [4.69, 9.17) is 11.6 Å². The monoisotopic (exact) mass is 260 g/mol. The lowest BCUT2D eigenvalue weighted by Gasteiger charge is -2.12. The molecule has 13 heavy (non-hydrogen) atoms. The Morgan fingerprint density at radius 3 is 2.62 bits per heavy atom. The van der Waals surface area contributed by atoms with Gasteiger partial charge in [-0.25, -0.2) is 0 Å². The molecule has 1 fully saturated rings.